The van der Waals surface area contributed by atoms with Gasteiger partial charge in [-0.15, -0.1) is 21.5 Å². The minimum absolute atomic E-state index is 0.589. The third-order valence-electron chi connectivity index (χ3n) is 5.26. The van der Waals surface area contributed by atoms with Crippen LogP contribution in [-0.4, -0.2) is 55.7 Å². The van der Waals surface area contributed by atoms with Crippen LogP contribution < -0.4 is 0 Å². The van der Waals surface area contributed by atoms with Crippen LogP contribution in [0.4, 0.5) is 0 Å². The molecule has 24 heavy (non-hydrogen) atoms. The minimum Gasteiger partial charge on any atom is -0.317 e. The Bertz CT molecular complexity index is 704. The van der Waals surface area contributed by atoms with Crippen molar-refractivity contribution in [2.24, 2.45) is 7.05 Å². The predicted molar refractivity (Wildman–Crippen MR) is 95.0 cm³/mol. The van der Waals surface area contributed by atoms with Gasteiger partial charge in [0.05, 0.1) is 17.2 Å². The number of rotatable bonds is 6. The summed E-state index contributed by atoms with van der Waals surface area (Å²) < 4.78 is 2.21. The molecular formula is C17H26N6S. The molecule has 2 fully saturated rings. The van der Waals surface area contributed by atoms with Gasteiger partial charge < -0.3 is 4.57 Å². The van der Waals surface area contributed by atoms with Gasteiger partial charge in [0.25, 0.3) is 0 Å². The highest BCUT2D eigenvalue weighted by Gasteiger charge is 2.30. The first kappa shape index (κ1) is 16.2. The molecule has 4 rings (SSSR count). The zero-order valence-corrected chi connectivity index (χ0v) is 15.6. The van der Waals surface area contributed by atoms with Crippen LogP contribution in [0.15, 0.2) is 5.38 Å². The van der Waals surface area contributed by atoms with Crippen molar-refractivity contribution in [2.75, 3.05) is 20.1 Å². The van der Waals surface area contributed by atoms with E-state index in [2.05, 4.69) is 55.9 Å². The molecule has 0 unspecified atom stereocenters. The first-order valence-electron chi connectivity index (χ1n) is 8.82. The predicted octanol–water partition coefficient (Wildman–Crippen LogP) is 2.16. The highest BCUT2D eigenvalue weighted by molar-refractivity contribution is 7.09. The van der Waals surface area contributed by atoms with E-state index in [-0.39, 0.29) is 0 Å². The number of aryl methyl sites for hydroxylation is 1. The smallest absolute Gasteiger partial charge is 0.146 e. The highest BCUT2D eigenvalue weighted by Crippen LogP contribution is 2.38. The van der Waals surface area contributed by atoms with E-state index in [9.17, 15) is 0 Å². The fourth-order valence-corrected chi connectivity index (χ4v) is 4.19. The lowest BCUT2D eigenvalue weighted by molar-refractivity contribution is 0.216. The van der Waals surface area contributed by atoms with E-state index in [1.165, 1.54) is 30.8 Å². The summed E-state index contributed by atoms with van der Waals surface area (Å²) in [5.74, 6) is 2.92. The van der Waals surface area contributed by atoms with Crippen LogP contribution in [0, 0.1) is 6.92 Å². The maximum Gasteiger partial charge on any atom is 0.146 e. The largest absolute Gasteiger partial charge is 0.317 e. The third-order valence-corrected chi connectivity index (χ3v) is 6.08. The molecule has 1 saturated carbocycles. The van der Waals surface area contributed by atoms with E-state index in [0.717, 1.165) is 37.0 Å². The van der Waals surface area contributed by atoms with E-state index in [1.807, 2.05) is 0 Å². The fourth-order valence-electron chi connectivity index (χ4n) is 3.59. The van der Waals surface area contributed by atoms with Gasteiger partial charge in [0.15, 0.2) is 0 Å². The molecule has 6 nitrogen and oxygen atoms in total. The number of hydrogen-bond donors (Lipinski definition) is 0. The molecule has 1 aliphatic carbocycles. The molecular weight excluding hydrogens is 320 g/mol. The Hall–Kier alpha value is -1.31. The van der Waals surface area contributed by atoms with Crippen molar-refractivity contribution in [3.8, 4) is 0 Å². The van der Waals surface area contributed by atoms with Gasteiger partial charge in [-0.05, 0) is 33.2 Å². The average Bonchev–Trinajstić information content (AvgIpc) is 2.96. The van der Waals surface area contributed by atoms with Gasteiger partial charge in [0, 0.05) is 44.0 Å². The number of hydrogen-bond acceptors (Lipinski definition) is 6. The van der Waals surface area contributed by atoms with Crippen molar-refractivity contribution in [3.05, 3.63) is 27.7 Å². The second-order valence-electron chi connectivity index (χ2n) is 7.26. The summed E-state index contributed by atoms with van der Waals surface area (Å²) in [6.07, 6.45) is 3.76. The van der Waals surface area contributed by atoms with Crippen LogP contribution in [0.2, 0.25) is 0 Å². The number of thiazole rings is 1. The van der Waals surface area contributed by atoms with Gasteiger partial charge in [-0.2, -0.15) is 0 Å². The number of likely N-dealkylation sites (tertiary alicyclic amines) is 1. The Kier molecular flexibility index (Phi) is 4.40. The monoisotopic (exact) mass is 346 g/mol. The van der Waals surface area contributed by atoms with Gasteiger partial charge in [-0.3, -0.25) is 9.80 Å². The molecule has 0 radical (unpaired) electrons. The summed E-state index contributed by atoms with van der Waals surface area (Å²) in [6, 6.07) is 0.589. The summed E-state index contributed by atoms with van der Waals surface area (Å²) in [5.41, 5.74) is 1.21. The summed E-state index contributed by atoms with van der Waals surface area (Å²) >= 11 is 1.74. The number of aromatic nitrogens is 4. The fraction of sp³-hybridized carbons (Fsp3) is 0.706. The molecule has 2 aromatic heterocycles. The van der Waals surface area contributed by atoms with Crippen LogP contribution in [0.25, 0.3) is 0 Å². The van der Waals surface area contributed by atoms with Gasteiger partial charge in [-0.25, -0.2) is 4.98 Å². The van der Waals surface area contributed by atoms with Gasteiger partial charge >= 0.3 is 0 Å². The van der Waals surface area contributed by atoms with Crippen LogP contribution in [-0.2, 0) is 20.1 Å². The van der Waals surface area contributed by atoms with E-state index in [4.69, 9.17) is 0 Å². The SMILES string of the molecule is Cc1nc(CN2CC[C@@H](N(C)Cc3nnc(C4CC4)n3C)C2)cs1. The van der Waals surface area contributed by atoms with Crippen LogP contribution >= 0.6 is 11.3 Å². The molecule has 0 bridgehead atoms. The van der Waals surface area contributed by atoms with E-state index in [0.29, 0.717) is 12.0 Å². The average molecular weight is 347 g/mol. The first-order chi connectivity index (χ1) is 11.6. The van der Waals surface area contributed by atoms with E-state index < -0.39 is 0 Å². The molecule has 7 heteroatoms. The summed E-state index contributed by atoms with van der Waals surface area (Å²) in [6.45, 7) is 6.19. The van der Waals surface area contributed by atoms with E-state index >= 15 is 0 Å². The lowest BCUT2D eigenvalue weighted by Gasteiger charge is -2.24. The second kappa shape index (κ2) is 6.54. The van der Waals surface area contributed by atoms with Crippen molar-refractivity contribution in [1.29, 1.82) is 0 Å². The lowest BCUT2D eigenvalue weighted by atomic mass is 10.2. The molecule has 0 amide bonds. The quantitative estimate of drug-likeness (QED) is 0.802. The molecule has 0 N–H and O–H groups in total. The molecule has 2 aromatic rings. The van der Waals surface area contributed by atoms with Crippen LogP contribution in [0.1, 0.15) is 47.5 Å². The summed E-state index contributed by atoms with van der Waals surface area (Å²) in [5, 5.41) is 12.2. The van der Waals surface area contributed by atoms with Gasteiger partial charge in [0.1, 0.15) is 11.6 Å². The summed E-state index contributed by atoms with van der Waals surface area (Å²) in [7, 11) is 4.33. The molecule has 1 aliphatic heterocycles. The minimum atomic E-state index is 0.589. The zero-order chi connectivity index (χ0) is 16.7. The maximum atomic E-state index is 4.59. The van der Waals surface area contributed by atoms with E-state index in [1.54, 1.807) is 11.3 Å². The number of nitrogens with zero attached hydrogens (tertiary/aromatic N) is 6. The molecule has 1 saturated heterocycles. The zero-order valence-electron chi connectivity index (χ0n) is 14.8. The lowest BCUT2D eigenvalue weighted by Crippen LogP contribution is -2.34. The summed E-state index contributed by atoms with van der Waals surface area (Å²) in [4.78, 5) is 9.54. The van der Waals surface area contributed by atoms with Crippen molar-refractivity contribution in [1.82, 2.24) is 29.5 Å². The Morgan fingerprint density at radius 1 is 1.29 bits per heavy atom. The second-order valence-corrected chi connectivity index (χ2v) is 8.32. The van der Waals surface area contributed by atoms with Gasteiger partial charge in [-0.1, -0.05) is 0 Å². The van der Waals surface area contributed by atoms with Crippen molar-refractivity contribution < 1.29 is 0 Å². The normalized spacial score (nSPS) is 21.9. The Labute approximate surface area is 147 Å². The van der Waals surface area contributed by atoms with Gasteiger partial charge in [0.2, 0.25) is 0 Å². The van der Waals surface area contributed by atoms with Crippen molar-refractivity contribution in [3.63, 3.8) is 0 Å². The molecule has 2 aliphatic rings. The Balaban J connectivity index is 1.33. The van der Waals surface area contributed by atoms with Crippen molar-refractivity contribution >= 4 is 11.3 Å². The molecule has 130 valence electrons. The molecule has 1 atom stereocenters. The Morgan fingerprint density at radius 3 is 2.83 bits per heavy atom. The maximum absolute atomic E-state index is 4.59. The molecule has 0 aromatic carbocycles. The Morgan fingerprint density at radius 2 is 2.12 bits per heavy atom. The topological polar surface area (TPSA) is 50.1 Å². The molecule has 0 spiro atoms. The first-order valence-corrected chi connectivity index (χ1v) is 9.70. The number of likely N-dealkylation sites (N-methyl/N-ethyl adjacent to an activating group) is 1. The van der Waals surface area contributed by atoms with Crippen LogP contribution in [0.3, 0.4) is 0 Å². The molecule has 3 heterocycles. The van der Waals surface area contributed by atoms with Crippen molar-refractivity contribution in [2.45, 2.75) is 51.2 Å². The highest BCUT2D eigenvalue weighted by atomic mass is 32.1. The van der Waals surface area contributed by atoms with Crippen LogP contribution in [0.5, 0.6) is 0 Å². The standard InChI is InChI=1S/C17H26N6S/c1-12-18-14(11-24-12)8-23-7-6-15(9-23)21(2)10-16-19-20-17(22(16)3)13-4-5-13/h11,13,15H,4-10H2,1-3H3/t15-/m1/s1. The third kappa shape index (κ3) is 3.38.